The number of fused-ring (bicyclic) bond motifs is 1. The van der Waals surface area contributed by atoms with E-state index in [0.717, 1.165) is 18.5 Å². The molecule has 0 saturated carbocycles. The molecule has 0 aliphatic rings. The Bertz CT molecular complexity index is 522. The van der Waals surface area contributed by atoms with Crippen molar-refractivity contribution in [3.05, 3.63) is 42.2 Å². The summed E-state index contributed by atoms with van der Waals surface area (Å²) < 4.78 is 10.9. The summed E-state index contributed by atoms with van der Waals surface area (Å²) in [4.78, 5) is 4.23. The van der Waals surface area contributed by atoms with Crippen LogP contribution >= 0.6 is 0 Å². The van der Waals surface area contributed by atoms with E-state index < -0.39 is 10.8 Å². The fraction of sp³-hybridized carbons (Fsp3) is 0.308. The minimum absolute atomic E-state index is 0.693. The number of benzene rings is 1. The summed E-state index contributed by atoms with van der Waals surface area (Å²) in [6, 6.07) is 8.22. The van der Waals surface area contributed by atoms with Gasteiger partial charge in [0.25, 0.3) is 0 Å². The SMILES string of the molecule is CS(=O)CCNCc1cncc2ccccc12. The zero-order valence-corrected chi connectivity index (χ0v) is 10.7. The van der Waals surface area contributed by atoms with Gasteiger partial charge in [-0.15, -0.1) is 0 Å². The maximum atomic E-state index is 10.9. The molecule has 2 aromatic rings. The second-order valence-corrected chi connectivity index (χ2v) is 5.53. The topological polar surface area (TPSA) is 42.0 Å². The highest BCUT2D eigenvalue weighted by Crippen LogP contribution is 2.16. The zero-order valence-electron chi connectivity index (χ0n) is 9.85. The molecular weight excluding hydrogens is 232 g/mol. The number of rotatable bonds is 5. The number of hydrogen-bond acceptors (Lipinski definition) is 3. The van der Waals surface area contributed by atoms with Gasteiger partial charge in [-0.25, -0.2) is 0 Å². The van der Waals surface area contributed by atoms with Crippen LogP contribution in [-0.4, -0.2) is 27.7 Å². The second kappa shape index (κ2) is 5.89. The molecule has 0 bridgehead atoms. The molecule has 17 heavy (non-hydrogen) atoms. The third-order valence-corrected chi connectivity index (χ3v) is 3.41. The smallest absolute Gasteiger partial charge is 0.0357 e. The molecular formula is C13H16N2OS. The molecule has 1 unspecified atom stereocenters. The van der Waals surface area contributed by atoms with Crippen molar-refractivity contribution >= 4 is 21.6 Å². The van der Waals surface area contributed by atoms with Crippen molar-refractivity contribution in [2.45, 2.75) is 6.54 Å². The predicted octanol–water partition coefficient (Wildman–Crippen LogP) is 1.70. The Morgan fingerprint density at radius 2 is 2.12 bits per heavy atom. The Hall–Kier alpha value is -1.26. The van der Waals surface area contributed by atoms with Crippen LogP contribution in [0.25, 0.3) is 10.8 Å². The molecule has 2 rings (SSSR count). The summed E-state index contributed by atoms with van der Waals surface area (Å²) in [6.07, 6.45) is 5.49. The first-order valence-corrected chi connectivity index (χ1v) is 7.32. The van der Waals surface area contributed by atoms with E-state index in [-0.39, 0.29) is 0 Å². The van der Waals surface area contributed by atoms with Crippen LogP contribution < -0.4 is 5.32 Å². The van der Waals surface area contributed by atoms with Crippen molar-refractivity contribution < 1.29 is 4.21 Å². The lowest BCUT2D eigenvalue weighted by atomic mass is 10.1. The highest BCUT2D eigenvalue weighted by Gasteiger charge is 2.00. The highest BCUT2D eigenvalue weighted by molar-refractivity contribution is 7.84. The molecule has 3 nitrogen and oxygen atoms in total. The number of nitrogens with one attached hydrogen (secondary N) is 1. The predicted molar refractivity (Wildman–Crippen MR) is 72.4 cm³/mol. The summed E-state index contributed by atoms with van der Waals surface area (Å²) in [7, 11) is -0.729. The third kappa shape index (κ3) is 3.35. The molecule has 0 amide bonds. The molecule has 0 aliphatic carbocycles. The molecule has 1 atom stereocenters. The summed E-state index contributed by atoms with van der Waals surface area (Å²) in [6.45, 7) is 1.54. The van der Waals surface area contributed by atoms with Crippen LogP contribution in [0.15, 0.2) is 36.7 Å². The summed E-state index contributed by atoms with van der Waals surface area (Å²) in [5.41, 5.74) is 1.19. The van der Waals surface area contributed by atoms with Crippen LogP contribution in [0.4, 0.5) is 0 Å². The minimum atomic E-state index is -0.729. The first kappa shape index (κ1) is 12.2. The van der Waals surface area contributed by atoms with Crippen molar-refractivity contribution in [1.29, 1.82) is 0 Å². The molecule has 1 aromatic carbocycles. The van der Waals surface area contributed by atoms with Crippen molar-refractivity contribution in [3.8, 4) is 0 Å². The van der Waals surface area contributed by atoms with Crippen molar-refractivity contribution in [1.82, 2.24) is 10.3 Å². The molecule has 90 valence electrons. The lowest BCUT2D eigenvalue weighted by Gasteiger charge is -2.07. The largest absolute Gasteiger partial charge is 0.312 e. The first-order valence-electron chi connectivity index (χ1n) is 5.60. The molecule has 1 N–H and O–H groups in total. The maximum Gasteiger partial charge on any atom is 0.0357 e. The Labute approximate surface area is 104 Å². The van der Waals surface area contributed by atoms with E-state index in [1.807, 2.05) is 24.5 Å². The van der Waals surface area contributed by atoms with Gasteiger partial charge in [-0.05, 0) is 10.9 Å². The van der Waals surface area contributed by atoms with Crippen LogP contribution in [0.1, 0.15) is 5.56 Å². The fourth-order valence-electron chi connectivity index (χ4n) is 1.76. The number of hydrogen-bond donors (Lipinski definition) is 1. The Kier molecular flexibility index (Phi) is 4.23. The van der Waals surface area contributed by atoms with E-state index in [4.69, 9.17) is 0 Å². The van der Waals surface area contributed by atoms with Crippen molar-refractivity contribution in [2.24, 2.45) is 0 Å². The van der Waals surface area contributed by atoms with E-state index >= 15 is 0 Å². The fourth-order valence-corrected chi connectivity index (χ4v) is 2.19. The Morgan fingerprint density at radius 1 is 1.29 bits per heavy atom. The lowest BCUT2D eigenvalue weighted by Crippen LogP contribution is -2.19. The van der Waals surface area contributed by atoms with Gasteiger partial charge >= 0.3 is 0 Å². The third-order valence-electron chi connectivity index (χ3n) is 2.63. The molecule has 4 heteroatoms. The van der Waals surface area contributed by atoms with Gasteiger partial charge in [0.15, 0.2) is 0 Å². The van der Waals surface area contributed by atoms with Gasteiger partial charge in [-0.3, -0.25) is 9.19 Å². The number of nitrogens with zero attached hydrogens (tertiary/aromatic N) is 1. The van der Waals surface area contributed by atoms with Gasteiger partial charge in [-0.2, -0.15) is 0 Å². The Morgan fingerprint density at radius 3 is 2.94 bits per heavy atom. The van der Waals surface area contributed by atoms with E-state index in [9.17, 15) is 4.21 Å². The van der Waals surface area contributed by atoms with Gasteiger partial charge in [-0.1, -0.05) is 24.3 Å². The van der Waals surface area contributed by atoms with Gasteiger partial charge in [0, 0.05) is 53.7 Å². The average molecular weight is 248 g/mol. The summed E-state index contributed by atoms with van der Waals surface area (Å²) in [5.74, 6) is 0.693. The summed E-state index contributed by atoms with van der Waals surface area (Å²) in [5, 5.41) is 5.68. The molecule has 0 radical (unpaired) electrons. The Balaban J connectivity index is 2.05. The molecule has 0 spiro atoms. The van der Waals surface area contributed by atoms with E-state index in [0.29, 0.717) is 5.75 Å². The van der Waals surface area contributed by atoms with Crippen LogP contribution in [0.3, 0.4) is 0 Å². The quantitative estimate of drug-likeness (QED) is 0.819. The monoisotopic (exact) mass is 248 g/mol. The van der Waals surface area contributed by atoms with Crippen LogP contribution in [0, 0.1) is 0 Å². The normalized spacial score (nSPS) is 12.8. The molecule has 0 aliphatic heterocycles. The van der Waals surface area contributed by atoms with Gasteiger partial charge in [0.1, 0.15) is 0 Å². The zero-order chi connectivity index (χ0) is 12.1. The molecule has 0 saturated heterocycles. The summed E-state index contributed by atoms with van der Waals surface area (Å²) >= 11 is 0. The standard InChI is InChI=1S/C13H16N2OS/c1-17(16)7-6-14-9-12-10-15-8-11-4-2-3-5-13(11)12/h2-5,8,10,14H,6-7,9H2,1H3. The van der Waals surface area contributed by atoms with E-state index in [1.54, 1.807) is 6.26 Å². The van der Waals surface area contributed by atoms with E-state index in [1.165, 1.54) is 10.9 Å². The number of pyridine rings is 1. The first-order chi connectivity index (χ1) is 8.27. The van der Waals surface area contributed by atoms with Gasteiger partial charge in [0.2, 0.25) is 0 Å². The molecule has 1 heterocycles. The van der Waals surface area contributed by atoms with Gasteiger partial charge in [0.05, 0.1) is 0 Å². The molecule has 1 aromatic heterocycles. The van der Waals surface area contributed by atoms with Crippen LogP contribution in [0.2, 0.25) is 0 Å². The maximum absolute atomic E-state index is 10.9. The van der Waals surface area contributed by atoms with Gasteiger partial charge < -0.3 is 5.32 Å². The van der Waals surface area contributed by atoms with Crippen molar-refractivity contribution in [2.75, 3.05) is 18.6 Å². The average Bonchev–Trinajstić information content (AvgIpc) is 2.34. The van der Waals surface area contributed by atoms with Crippen LogP contribution in [0.5, 0.6) is 0 Å². The number of aromatic nitrogens is 1. The minimum Gasteiger partial charge on any atom is -0.312 e. The molecule has 0 fully saturated rings. The second-order valence-electron chi connectivity index (χ2n) is 3.97. The highest BCUT2D eigenvalue weighted by atomic mass is 32.2. The lowest BCUT2D eigenvalue weighted by molar-refractivity contribution is 0.677. The van der Waals surface area contributed by atoms with Crippen molar-refractivity contribution in [3.63, 3.8) is 0 Å². The van der Waals surface area contributed by atoms with E-state index in [2.05, 4.69) is 22.4 Å². The van der Waals surface area contributed by atoms with Crippen LogP contribution in [-0.2, 0) is 17.3 Å².